The van der Waals surface area contributed by atoms with Crippen LogP contribution in [0.4, 0.5) is 5.69 Å². The number of nitrogens with one attached hydrogen (secondary N) is 1. The van der Waals surface area contributed by atoms with Crippen molar-refractivity contribution in [1.82, 2.24) is 0 Å². The number of nitrogens with two attached hydrogens (primary N) is 1. The Kier molecular flexibility index (Phi) is 5.26. The van der Waals surface area contributed by atoms with E-state index in [2.05, 4.69) is 5.32 Å². The van der Waals surface area contributed by atoms with Gasteiger partial charge in [0.2, 0.25) is 5.91 Å². The fourth-order valence-electron chi connectivity index (χ4n) is 3.04. The molecule has 1 amide bonds. The number of amides is 1. The molecular formula is C20H22N2O3. The number of hydrogen-bond acceptors (Lipinski definition) is 4. The molecule has 0 saturated carbocycles. The van der Waals surface area contributed by atoms with Gasteiger partial charge in [-0.05, 0) is 25.0 Å². The van der Waals surface area contributed by atoms with Gasteiger partial charge in [-0.15, -0.1) is 0 Å². The van der Waals surface area contributed by atoms with Gasteiger partial charge < -0.3 is 15.8 Å². The zero-order chi connectivity index (χ0) is 17.7. The molecule has 3 N–H and O–H groups in total. The summed E-state index contributed by atoms with van der Waals surface area (Å²) in [5, 5.41) is 2.92. The number of hydrogen-bond donors (Lipinski definition) is 2. The summed E-state index contributed by atoms with van der Waals surface area (Å²) in [7, 11) is 0. The standard InChI is InChI=1S/C20H22N2O3/c21-14-20(9-11-25-12-10-20)19(24)22-17-8-4-7-16(13-17)18(23)15-5-2-1-3-6-15/h1-8,13H,9-12,14,21H2,(H,22,24). The van der Waals surface area contributed by atoms with Crippen LogP contribution in [0.15, 0.2) is 54.6 Å². The second-order valence-corrected chi connectivity index (χ2v) is 6.33. The molecule has 0 aromatic heterocycles. The van der Waals surface area contributed by atoms with E-state index in [4.69, 9.17) is 10.5 Å². The van der Waals surface area contributed by atoms with E-state index in [0.29, 0.717) is 42.9 Å². The molecule has 0 radical (unpaired) electrons. The van der Waals surface area contributed by atoms with Crippen molar-refractivity contribution in [2.45, 2.75) is 12.8 Å². The minimum absolute atomic E-state index is 0.0729. The first-order valence-electron chi connectivity index (χ1n) is 8.44. The van der Waals surface area contributed by atoms with E-state index in [0.717, 1.165) is 0 Å². The minimum Gasteiger partial charge on any atom is -0.381 e. The van der Waals surface area contributed by atoms with E-state index in [1.807, 2.05) is 18.2 Å². The normalized spacial score (nSPS) is 16.2. The fourth-order valence-corrected chi connectivity index (χ4v) is 3.04. The molecule has 0 unspecified atom stereocenters. The van der Waals surface area contributed by atoms with E-state index in [-0.39, 0.29) is 18.2 Å². The highest BCUT2D eigenvalue weighted by atomic mass is 16.5. The quantitative estimate of drug-likeness (QED) is 0.821. The van der Waals surface area contributed by atoms with Crippen LogP contribution in [-0.4, -0.2) is 31.4 Å². The van der Waals surface area contributed by atoms with Gasteiger partial charge in [-0.25, -0.2) is 0 Å². The van der Waals surface area contributed by atoms with Gasteiger partial charge in [-0.2, -0.15) is 0 Å². The van der Waals surface area contributed by atoms with Crippen LogP contribution in [0.2, 0.25) is 0 Å². The maximum absolute atomic E-state index is 12.7. The van der Waals surface area contributed by atoms with Crippen LogP contribution < -0.4 is 11.1 Å². The summed E-state index contributed by atoms with van der Waals surface area (Å²) in [5.74, 6) is -0.182. The second kappa shape index (κ2) is 7.59. The molecule has 0 bridgehead atoms. The first-order valence-corrected chi connectivity index (χ1v) is 8.44. The molecule has 130 valence electrons. The fraction of sp³-hybridized carbons (Fsp3) is 0.300. The van der Waals surface area contributed by atoms with Crippen LogP contribution >= 0.6 is 0 Å². The van der Waals surface area contributed by atoms with Crippen LogP contribution in [0.3, 0.4) is 0 Å². The highest BCUT2D eigenvalue weighted by molar-refractivity contribution is 6.09. The molecule has 3 rings (SSSR count). The maximum Gasteiger partial charge on any atom is 0.232 e. The Bertz CT molecular complexity index is 753. The highest BCUT2D eigenvalue weighted by Crippen LogP contribution is 2.31. The summed E-state index contributed by atoms with van der Waals surface area (Å²) in [6.45, 7) is 1.36. The van der Waals surface area contributed by atoms with Gasteiger partial charge >= 0.3 is 0 Å². The van der Waals surface area contributed by atoms with Gasteiger partial charge in [-0.3, -0.25) is 9.59 Å². The Morgan fingerprint density at radius 1 is 1.00 bits per heavy atom. The number of ether oxygens (including phenoxy) is 1. The summed E-state index contributed by atoms with van der Waals surface area (Å²) in [6.07, 6.45) is 1.22. The van der Waals surface area contributed by atoms with E-state index in [1.165, 1.54) is 0 Å². The number of ketones is 1. The first kappa shape index (κ1) is 17.3. The number of anilines is 1. The lowest BCUT2D eigenvalue weighted by atomic mass is 9.79. The smallest absolute Gasteiger partial charge is 0.232 e. The van der Waals surface area contributed by atoms with Crippen LogP contribution in [0.5, 0.6) is 0 Å². The summed E-state index contributed by atoms with van der Waals surface area (Å²) in [5.41, 5.74) is 7.04. The molecule has 25 heavy (non-hydrogen) atoms. The van der Waals surface area contributed by atoms with Gasteiger partial charge in [0.15, 0.2) is 5.78 Å². The molecular weight excluding hydrogens is 316 g/mol. The van der Waals surface area contributed by atoms with Gasteiger partial charge in [0.1, 0.15) is 0 Å². The number of carbonyl (C=O) groups excluding carboxylic acids is 2. The molecule has 2 aromatic rings. The monoisotopic (exact) mass is 338 g/mol. The van der Waals surface area contributed by atoms with Crippen molar-refractivity contribution in [3.63, 3.8) is 0 Å². The summed E-state index contributed by atoms with van der Waals surface area (Å²) in [4.78, 5) is 25.3. The van der Waals surface area contributed by atoms with Crippen LogP contribution in [-0.2, 0) is 9.53 Å². The Morgan fingerprint density at radius 3 is 2.36 bits per heavy atom. The van der Waals surface area contributed by atoms with Crippen molar-refractivity contribution in [2.75, 3.05) is 25.1 Å². The van der Waals surface area contributed by atoms with Crippen LogP contribution in [0.1, 0.15) is 28.8 Å². The van der Waals surface area contributed by atoms with Gasteiger partial charge in [-0.1, -0.05) is 42.5 Å². The molecule has 5 nitrogen and oxygen atoms in total. The zero-order valence-electron chi connectivity index (χ0n) is 14.0. The molecule has 1 aliphatic heterocycles. The summed E-state index contributed by atoms with van der Waals surface area (Å²) < 4.78 is 5.35. The lowest BCUT2D eigenvalue weighted by molar-refractivity contribution is -0.130. The Balaban J connectivity index is 1.77. The van der Waals surface area contributed by atoms with Crippen molar-refractivity contribution in [3.8, 4) is 0 Å². The van der Waals surface area contributed by atoms with Gasteiger partial charge in [0, 0.05) is 36.6 Å². The van der Waals surface area contributed by atoms with Gasteiger partial charge in [0.05, 0.1) is 5.41 Å². The Hall–Kier alpha value is -2.50. The third-order valence-electron chi connectivity index (χ3n) is 4.74. The van der Waals surface area contributed by atoms with Crippen molar-refractivity contribution in [2.24, 2.45) is 11.1 Å². The van der Waals surface area contributed by atoms with E-state index in [9.17, 15) is 9.59 Å². The molecule has 1 fully saturated rings. The molecule has 0 atom stereocenters. The molecule has 0 spiro atoms. The molecule has 5 heteroatoms. The van der Waals surface area contributed by atoms with E-state index in [1.54, 1.807) is 36.4 Å². The Labute approximate surface area is 147 Å². The summed E-state index contributed by atoms with van der Waals surface area (Å²) >= 11 is 0. The average Bonchev–Trinajstić information content (AvgIpc) is 2.68. The first-order chi connectivity index (χ1) is 12.1. The molecule has 1 saturated heterocycles. The number of carbonyl (C=O) groups is 2. The third-order valence-corrected chi connectivity index (χ3v) is 4.74. The lowest BCUT2D eigenvalue weighted by Gasteiger charge is -2.34. The zero-order valence-corrected chi connectivity index (χ0v) is 14.0. The summed E-state index contributed by atoms with van der Waals surface area (Å²) in [6, 6.07) is 16.1. The number of benzene rings is 2. The maximum atomic E-state index is 12.7. The van der Waals surface area contributed by atoms with Crippen LogP contribution in [0, 0.1) is 5.41 Å². The van der Waals surface area contributed by atoms with Crippen LogP contribution in [0.25, 0.3) is 0 Å². The van der Waals surface area contributed by atoms with E-state index < -0.39 is 5.41 Å². The Morgan fingerprint density at radius 2 is 1.68 bits per heavy atom. The minimum atomic E-state index is -0.600. The predicted molar refractivity (Wildman–Crippen MR) is 96.5 cm³/mol. The predicted octanol–water partition coefficient (Wildman–Crippen LogP) is 2.61. The van der Waals surface area contributed by atoms with Crippen molar-refractivity contribution >= 4 is 17.4 Å². The van der Waals surface area contributed by atoms with Gasteiger partial charge in [0.25, 0.3) is 0 Å². The van der Waals surface area contributed by atoms with E-state index >= 15 is 0 Å². The SMILES string of the molecule is NCC1(C(=O)Nc2cccc(C(=O)c3ccccc3)c2)CCOCC1. The van der Waals surface area contributed by atoms with Crippen molar-refractivity contribution in [1.29, 1.82) is 0 Å². The largest absolute Gasteiger partial charge is 0.381 e. The number of rotatable bonds is 5. The molecule has 1 aliphatic rings. The molecule has 1 heterocycles. The topological polar surface area (TPSA) is 81.4 Å². The third kappa shape index (κ3) is 3.78. The molecule has 0 aliphatic carbocycles. The average molecular weight is 338 g/mol. The highest BCUT2D eigenvalue weighted by Gasteiger charge is 2.38. The van der Waals surface area contributed by atoms with Crippen molar-refractivity contribution < 1.29 is 14.3 Å². The lowest BCUT2D eigenvalue weighted by Crippen LogP contribution is -2.46. The second-order valence-electron chi connectivity index (χ2n) is 6.33. The van der Waals surface area contributed by atoms with Crippen molar-refractivity contribution in [3.05, 3.63) is 65.7 Å². The molecule has 2 aromatic carbocycles.